The number of rotatable bonds is 3. The van der Waals surface area contributed by atoms with Gasteiger partial charge < -0.3 is 15.5 Å². The quantitative estimate of drug-likeness (QED) is 0.874. The summed E-state index contributed by atoms with van der Waals surface area (Å²) in [5, 5.41) is 6.13. The van der Waals surface area contributed by atoms with Crippen LogP contribution in [-0.4, -0.2) is 41.4 Å². The third kappa shape index (κ3) is 2.55. The molecular weight excluding hydrogens is 298 g/mol. The van der Waals surface area contributed by atoms with E-state index < -0.39 is 6.04 Å². The van der Waals surface area contributed by atoms with Gasteiger partial charge in [-0.1, -0.05) is 11.6 Å². The Kier molecular flexibility index (Phi) is 3.70. The summed E-state index contributed by atoms with van der Waals surface area (Å²) >= 11 is 7.44. The number of halogens is 1. The Morgan fingerprint density at radius 3 is 3.00 bits per heavy atom. The molecule has 2 saturated heterocycles. The van der Waals surface area contributed by atoms with Crippen LogP contribution in [0.15, 0.2) is 12.1 Å². The third-order valence-corrected chi connectivity index (χ3v) is 5.04. The number of piperazine rings is 1. The summed E-state index contributed by atoms with van der Waals surface area (Å²) in [5.74, 6) is -0.0290. The van der Waals surface area contributed by atoms with Crippen LogP contribution >= 0.6 is 22.9 Å². The molecule has 2 fully saturated rings. The second kappa shape index (κ2) is 5.35. The highest BCUT2D eigenvalue weighted by Gasteiger charge is 2.44. The minimum absolute atomic E-state index is 0.0121. The topological polar surface area (TPSA) is 61.4 Å². The Hall–Kier alpha value is -1.11. The maximum absolute atomic E-state index is 12.0. The number of amides is 2. The Bertz CT molecular complexity index is 547. The first-order valence-electron chi connectivity index (χ1n) is 6.63. The van der Waals surface area contributed by atoms with E-state index in [1.807, 2.05) is 12.1 Å². The van der Waals surface area contributed by atoms with Crippen LogP contribution < -0.4 is 10.6 Å². The molecule has 0 aromatic carbocycles. The standard InChI is InChI=1S/C13H16ClN3O2S/c1-7-13(19)17-6-8(4-10(17)12(18)16-7)15-5-9-2-3-11(14)20-9/h2-3,7-8,10,15H,4-6H2,1H3,(H,16,18)/t7-,8-,10-/m0/s1. The van der Waals surface area contributed by atoms with E-state index in [-0.39, 0.29) is 23.9 Å². The minimum Gasteiger partial charge on any atom is -0.343 e. The Labute approximate surface area is 126 Å². The zero-order valence-corrected chi connectivity index (χ0v) is 12.6. The molecule has 3 atom stereocenters. The summed E-state index contributed by atoms with van der Waals surface area (Å²) in [6, 6.07) is 3.29. The molecule has 0 saturated carbocycles. The van der Waals surface area contributed by atoms with Crippen molar-refractivity contribution in [2.45, 2.75) is 38.0 Å². The maximum Gasteiger partial charge on any atom is 0.245 e. The zero-order valence-electron chi connectivity index (χ0n) is 11.1. The lowest BCUT2D eigenvalue weighted by atomic mass is 10.1. The number of fused-ring (bicyclic) bond motifs is 1. The van der Waals surface area contributed by atoms with Gasteiger partial charge >= 0.3 is 0 Å². The van der Waals surface area contributed by atoms with Crippen molar-refractivity contribution in [2.75, 3.05) is 6.54 Å². The zero-order chi connectivity index (χ0) is 14.3. The molecule has 3 rings (SSSR count). The first-order valence-corrected chi connectivity index (χ1v) is 7.82. The molecule has 5 nitrogen and oxygen atoms in total. The highest BCUT2D eigenvalue weighted by atomic mass is 35.5. The van der Waals surface area contributed by atoms with Crippen molar-refractivity contribution < 1.29 is 9.59 Å². The Morgan fingerprint density at radius 2 is 2.30 bits per heavy atom. The first-order chi connectivity index (χ1) is 9.54. The van der Waals surface area contributed by atoms with E-state index in [1.165, 1.54) is 0 Å². The average Bonchev–Trinajstić information content (AvgIpc) is 3.00. The van der Waals surface area contributed by atoms with E-state index in [4.69, 9.17) is 11.6 Å². The number of carbonyl (C=O) groups excluding carboxylic acids is 2. The third-order valence-electron chi connectivity index (χ3n) is 3.81. The molecule has 0 spiro atoms. The van der Waals surface area contributed by atoms with Gasteiger partial charge in [-0.2, -0.15) is 0 Å². The molecule has 7 heteroatoms. The van der Waals surface area contributed by atoms with Gasteiger partial charge in [0.25, 0.3) is 0 Å². The second-order valence-corrected chi connectivity index (χ2v) is 7.06. The molecular formula is C13H16ClN3O2S. The average molecular weight is 314 g/mol. The smallest absolute Gasteiger partial charge is 0.245 e. The van der Waals surface area contributed by atoms with Crippen molar-refractivity contribution in [3.8, 4) is 0 Å². The summed E-state index contributed by atoms with van der Waals surface area (Å²) < 4.78 is 0.772. The van der Waals surface area contributed by atoms with Crippen LogP contribution in [-0.2, 0) is 16.1 Å². The molecule has 0 bridgehead atoms. The van der Waals surface area contributed by atoms with E-state index in [0.29, 0.717) is 19.5 Å². The number of hydrogen-bond donors (Lipinski definition) is 2. The monoisotopic (exact) mass is 313 g/mol. The molecule has 2 aliphatic rings. The lowest BCUT2D eigenvalue weighted by Gasteiger charge is -2.32. The van der Waals surface area contributed by atoms with Crippen LogP contribution in [0, 0.1) is 0 Å². The van der Waals surface area contributed by atoms with E-state index in [0.717, 1.165) is 9.21 Å². The summed E-state index contributed by atoms with van der Waals surface area (Å²) in [6.07, 6.45) is 0.670. The van der Waals surface area contributed by atoms with Crippen molar-refractivity contribution in [3.63, 3.8) is 0 Å². The Balaban J connectivity index is 1.61. The van der Waals surface area contributed by atoms with Crippen molar-refractivity contribution >= 4 is 34.8 Å². The number of nitrogens with zero attached hydrogens (tertiary/aromatic N) is 1. The lowest BCUT2D eigenvalue weighted by Crippen LogP contribution is -2.60. The molecule has 1 aromatic rings. The molecule has 20 heavy (non-hydrogen) atoms. The van der Waals surface area contributed by atoms with Crippen LogP contribution in [0.25, 0.3) is 0 Å². The van der Waals surface area contributed by atoms with Gasteiger partial charge in [0.1, 0.15) is 12.1 Å². The molecule has 0 unspecified atom stereocenters. The summed E-state index contributed by atoms with van der Waals surface area (Å²) in [7, 11) is 0. The molecule has 2 amide bonds. The molecule has 108 valence electrons. The van der Waals surface area contributed by atoms with Crippen molar-refractivity contribution in [1.29, 1.82) is 0 Å². The van der Waals surface area contributed by atoms with Crippen molar-refractivity contribution in [3.05, 3.63) is 21.3 Å². The predicted molar refractivity (Wildman–Crippen MR) is 77.7 cm³/mol. The van der Waals surface area contributed by atoms with Gasteiger partial charge in [0.05, 0.1) is 4.34 Å². The molecule has 2 N–H and O–H groups in total. The van der Waals surface area contributed by atoms with Crippen LogP contribution in [0.2, 0.25) is 4.34 Å². The number of thiophene rings is 1. The first kappa shape index (κ1) is 13.9. The van der Waals surface area contributed by atoms with Crippen LogP contribution in [0.1, 0.15) is 18.2 Å². The van der Waals surface area contributed by atoms with E-state index >= 15 is 0 Å². The molecule has 0 aliphatic carbocycles. The van der Waals surface area contributed by atoms with Crippen molar-refractivity contribution in [2.24, 2.45) is 0 Å². The predicted octanol–water partition coefficient (Wildman–Crippen LogP) is 0.979. The number of nitrogens with one attached hydrogen (secondary N) is 2. The highest BCUT2D eigenvalue weighted by molar-refractivity contribution is 7.16. The van der Waals surface area contributed by atoms with E-state index in [1.54, 1.807) is 23.2 Å². The van der Waals surface area contributed by atoms with Gasteiger partial charge in [0.2, 0.25) is 11.8 Å². The van der Waals surface area contributed by atoms with E-state index in [9.17, 15) is 9.59 Å². The number of carbonyl (C=O) groups is 2. The second-order valence-electron chi connectivity index (χ2n) is 5.26. The van der Waals surface area contributed by atoms with Gasteiger partial charge in [0, 0.05) is 24.0 Å². The molecule has 3 heterocycles. The fourth-order valence-corrected chi connectivity index (χ4v) is 3.83. The largest absolute Gasteiger partial charge is 0.343 e. The van der Waals surface area contributed by atoms with Gasteiger partial charge in [0.15, 0.2) is 0 Å². The van der Waals surface area contributed by atoms with Crippen LogP contribution in [0.3, 0.4) is 0 Å². The lowest BCUT2D eigenvalue weighted by molar-refractivity contribution is -0.146. The van der Waals surface area contributed by atoms with Crippen LogP contribution in [0.5, 0.6) is 0 Å². The minimum atomic E-state index is -0.409. The fraction of sp³-hybridized carbons (Fsp3) is 0.538. The van der Waals surface area contributed by atoms with Gasteiger partial charge in [-0.05, 0) is 25.5 Å². The van der Waals surface area contributed by atoms with Crippen LogP contribution in [0.4, 0.5) is 0 Å². The van der Waals surface area contributed by atoms with Crippen molar-refractivity contribution in [1.82, 2.24) is 15.5 Å². The highest BCUT2D eigenvalue weighted by Crippen LogP contribution is 2.24. The normalized spacial score (nSPS) is 29.5. The fourth-order valence-electron chi connectivity index (χ4n) is 2.79. The van der Waals surface area contributed by atoms with Gasteiger partial charge in [-0.15, -0.1) is 11.3 Å². The summed E-state index contributed by atoms with van der Waals surface area (Å²) in [5.41, 5.74) is 0. The van der Waals surface area contributed by atoms with E-state index in [2.05, 4.69) is 10.6 Å². The Morgan fingerprint density at radius 1 is 1.50 bits per heavy atom. The van der Waals surface area contributed by atoms with Gasteiger partial charge in [-0.25, -0.2) is 0 Å². The molecule has 0 radical (unpaired) electrons. The maximum atomic E-state index is 12.0. The molecule has 2 aliphatic heterocycles. The SMILES string of the molecule is C[C@@H]1NC(=O)[C@@H]2C[C@H](NCc3ccc(Cl)s3)CN2C1=O. The van der Waals surface area contributed by atoms with Gasteiger partial charge in [-0.3, -0.25) is 9.59 Å². The molecule has 1 aromatic heterocycles. The summed E-state index contributed by atoms with van der Waals surface area (Å²) in [4.78, 5) is 26.8. The summed E-state index contributed by atoms with van der Waals surface area (Å²) in [6.45, 7) is 3.04. The number of hydrogen-bond acceptors (Lipinski definition) is 4.